The Morgan fingerprint density at radius 3 is 2.85 bits per heavy atom. The largest absolute Gasteiger partial charge is 0.491 e. The summed E-state index contributed by atoms with van der Waals surface area (Å²) in [6.45, 7) is 4.51. The Kier molecular flexibility index (Phi) is 6.28. The first-order valence-electron chi connectivity index (χ1n) is 8.99. The lowest BCUT2D eigenvalue weighted by Gasteiger charge is -2.16. The van der Waals surface area contributed by atoms with E-state index < -0.39 is 0 Å². The monoisotopic (exact) mass is 374 g/mol. The van der Waals surface area contributed by atoms with Crippen molar-refractivity contribution in [2.45, 2.75) is 32.6 Å². The van der Waals surface area contributed by atoms with E-state index in [0.717, 1.165) is 38.8 Å². The Balaban J connectivity index is 1.77. The first-order chi connectivity index (χ1) is 12.7. The molecule has 1 saturated heterocycles. The zero-order valence-electron chi connectivity index (χ0n) is 14.9. The Labute approximate surface area is 158 Å². The Morgan fingerprint density at radius 1 is 1.31 bits per heavy atom. The molecule has 0 atom stereocenters. The number of ether oxygens (including phenoxy) is 1. The quantitative estimate of drug-likeness (QED) is 0.737. The normalized spacial score (nSPS) is 13.7. The average Bonchev–Trinajstić information content (AvgIpc) is 3.18. The van der Waals surface area contributed by atoms with Gasteiger partial charge in [0, 0.05) is 13.1 Å². The van der Waals surface area contributed by atoms with E-state index in [-0.39, 0.29) is 16.6 Å². The highest BCUT2D eigenvalue weighted by Crippen LogP contribution is 2.26. The highest BCUT2D eigenvalue weighted by atomic mass is 35.5. The van der Waals surface area contributed by atoms with Crippen LogP contribution in [0.15, 0.2) is 30.5 Å². The minimum Gasteiger partial charge on any atom is -0.491 e. The molecule has 2 heterocycles. The van der Waals surface area contributed by atoms with Gasteiger partial charge in [-0.15, -0.1) is 0 Å². The summed E-state index contributed by atoms with van der Waals surface area (Å²) in [5, 5.41) is 3.09. The number of unbranched alkanes of at least 4 members (excludes halogenated alkanes) is 1. The molecule has 0 bridgehead atoms. The van der Waals surface area contributed by atoms with Crippen LogP contribution >= 0.6 is 11.6 Å². The lowest BCUT2D eigenvalue weighted by molar-refractivity contribution is 0.102. The molecule has 0 saturated carbocycles. The van der Waals surface area contributed by atoms with Crippen LogP contribution in [0.4, 0.5) is 11.6 Å². The Bertz CT molecular complexity index is 763. The molecule has 26 heavy (non-hydrogen) atoms. The third-order valence-electron chi connectivity index (χ3n) is 4.23. The highest BCUT2D eigenvalue weighted by molar-refractivity contribution is 6.34. The molecular formula is C19H23ClN4O2. The molecule has 0 spiro atoms. The number of benzene rings is 1. The molecule has 3 rings (SSSR count). The zero-order chi connectivity index (χ0) is 18.4. The van der Waals surface area contributed by atoms with Gasteiger partial charge in [0.25, 0.3) is 5.91 Å². The van der Waals surface area contributed by atoms with Gasteiger partial charge < -0.3 is 15.0 Å². The molecule has 1 aliphatic rings. The summed E-state index contributed by atoms with van der Waals surface area (Å²) in [5.74, 6) is 0.813. The van der Waals surface area contributed by atoms with Gasteiger partial charge in [-0.25, -0.2) is 9.97 Å². The molecule has 0 unspecified atom stereocenters. The predicted octanol–water partition coefficient (Wildman–Crippen LogP) is 4.16. The number of aromatic nitrogens is 2. The molecule has 1 aromatic carbocycles. The third-order valence-corrected chi connectivity index (χ3v) is 4.50. The number of carbonyl (C=O) groups is 1. The fourth-order valence-electron chi connectivity index (χ4n) is 2.79. The third kappa shape index (κ3) is 4.43. The van der Waals surface area contributed by atoms with Crippen molar-refractivity contribution < 1.29 is 9.53 Å². The second kappa shape index (κ2) is 8.85. The second-order valence-electron chi connectivity index (χ2n) is 6.21. The summed E-state index contributed by atoms with van der Waals surface area (Å²) in [6.07, 6.45) is 5.70. The van der Waals surface area contributed by atoms with Gasteiger partial charge >= 0.3 is 0 Å². The topological polar surface area (TPSA) is 67.3 Å². The van der Waals surface area contributed by atoms with E-state index in [1.165, 1.54) is 6.20 Å². The fraction of sp³-hybridized carbons (Fsp3) is 0.421. The van der Waals surface area contributed by atoms with E-state index in [1.807, 2.05) is 18.2 Å². The summed E-state index contributed by atoms with van der Waals surface area (Å²) in [6, 6.07) is 7.36. The highest BCUT2D eigenvalue weighted by Gasteiger charge is 2.20. The van der Waals surface area contributed by atoms with Crippen molar-refractivity contribution in [2.24, 2.45) is 0 Å². The molecule has 6 nitrogen and oxygen atoms in total. The average molecular weight is 375 g/mol. The van der Waals surface area contributed by atoms with Crippen LogP contribution in [0.25, 0.3) is 0 Å². The summed E-state index contributed by atoms with van der Waals surface area (Å²) < 4.78 is 5.76. The number of amides is 1. The summed E-state index contributed by atoms with van der Waals surface area (Å²) in [4.78, 5) is 23.4. The van der Waals surface area contributed by atoms with E-state index in [0.29, 0.717) is 24.0 Å². The summed E-state index contributed by atoms with van der Waals surface area (Å²) in [7, 11) is 0. The van der Waals surface area contributed by atoms with Crippen molar-refractivity contribution in [3.63, 3.8) is 0 Å². The van der Waals surface area contributed by atoms with Crippen LogP contribution in [0, 0.1) is 0 Å². The zero-order valence-corrected chi connectivity index (χ0v) is 15.6. The molecule has 1 fully saturated rings. The van der Waals surface area contributed by atoms with Gasteiger partial charge in [-0.05, 0) is 31.4 Å². The Hall–Kier alpha value is -2.34. The minimum atomic E-state index is -0.371. The minimum absolute atomic E-state index is 0.173. The molecule has 1 aliphatic heterocycles. The van der Waals surface area contributed by atoms with E-state index >= 15 is 0 Å². The van der Waals surface area contributed by atoms with Crippen LogP contribution in [0.3, 0.4) is 0 Å². The van der Waals surface area contributed by atoms with Gasteiger partial charge in [-0.3, -0.25) is 4.79 Å². The van der Waals surface area contributed by atoms with E-state index in [2.05, 4.69) is 27.1 Å². The van der Waals surface area contributed by atoms with Crippen molar-refractivity contribution in [2.75, 3.05) is 29.9 Å². The molecule has 1 N–H and O–H groups in total. The summed E-state index contributed by atoms with van der Waals surface area (Å²) >= 11 is 6.17. The van der Waals surface area contributed by atoms with Crippen LogP contribution in [0.1, 0.15) is 43.1 Å². The van der Waals surface area contributed by atoms with Crippen molar-refractivity contribution in [3.05, 3.63) is 41.2 Å². The van der Waals surface area contributed by atoms with E-state index in [4.69, 9.17) is 16.3 Å². The van der Waals surface area contributed by atoms with Crippen LogP contribution in [0.2, 0.25) is 5.02 Å². The van der Waals surface area contributed by atoms with Crippen LogP contribution in [0.5, 0.6) is 5.75 Å². The number of nitrogens with one attached hydrogen (secondary N) is 1. The fourth-order valence-corrected chi connectivity index (χ4v) is 2.97. The number of para-hydroxylation sites is 2. The maximum atomic E-state index is 12.7. The molecule has 0 radical (unpaired) electrons. The number of hydrogen-bond donors (Lipinski definition) is 1. The second-order valence-corrected chi connectivity index (χ2v) is 6.62. The van der Waals surface area contributed by atoms with Crippen molar-refractivity contribution >= 4 is 29.1 Å². The number of anilines is 2. The van der Waals surface area contributed by atoms with Gasteiger partial charge in [-0.2, -0.15) is 0 Å². The molecule has 2 aromatic rings. The van der Waals surface area contributed by atoms with Crippen molar-refractivity contribution in [1.29, 1.82) is 0 Å². The number of halogens is 1. The molecule has 1 amide bonds. The van der Waals surface area contributed by atoms with Crippen LogP contribution < -0.4 is 15.0 Å². The van der Waals surface area contributed by atoms with Crippen LogP contribution in [-0.4, -0.2) is 35.6 Å². The molecular weight excluding hydrogens is 352 g/mol. The standard InChI is InChI=1S/C19H23ClN4O2/c1-2-3-12-26-16-9-5-4-8-15(16)22-18(25)17-14(20)13-21-19(23-17)24-10-6-7-11-24/h4-5,8-9,13H,2-3,6-7,10-12H2,1H3,(H,22,25). The van der Waals surface area contributed by atoms with Crippen molar-refractivity contribution in [1.82, 2.24) is 9.97 Å². The molecule has 0 aliphatic carbocycles. The van der Waals surface area contributed by atoms with Gasteiger partial charge in [-0.1, -0.05) is 37.1 Å². The Morgan fingerprint density at radius 2 is 2.08 bits per heavy atom. The molecule has 1 aromatic heterocycles. The maximum Gasteiger partial charge on any atom is 0.276 e. The maximum absolute atomic E-state index is 12.7. The van der Waals surface area contributed by atoms with Gasteiger partial charge in [0.15, 0.2) is 5.69 Å². The number of rotatable bonds is 7. The van der Waals surface area contributed by atoms with Gasteiger partial charge in [0.1, 0.15) is 5.75 Å². The van der Waals surface area contributed by atoms with Gasteiger partial charge in [0.2, 0.25) is 5.95 Å². The lowest BCUT2D eigenvalue weighted by Crippen LogP contribution is -2.23. The van der Waals surface area contributed by atoms with E-state index in [1.54, 1.807) is 6.07 Å². The van der Waals surface area contributed by atoms with Crippen LogP contribution in [-0.2, 0) is 0 Å². The SMILES string of the molecule is CCCCOc1ccccc1NC(=O)c1nc(N2CCCC2)ncc1Cl. The number of hydrogen-bond acceptors (Lipinski definition) is 5. The smallest absolute Gasteiger partial charge is 0.276 e. The predicted molar refractivity (Wildman–Crippen MR) is 103 cm³/mol. The number of carbonyl (C=O) groups excluding carboxylic acids is 1. The van der Waals surface area contributed by atoms with Gasteiger partial charge in [0.05, 0.1) is 23.5 Å². The van der Waals surface area contributed by atoms with E-state index in [9.17, 15) is 4.79 Å². The molecule has 138 valence electrons. The van der Waals surface area contributed by atoms with Crippen molar-refractivity contribution in [3.8, 4) is 5.75 Å². The first kappa shape index (κ1) is 18.5. The lowest BCUT2D eigenvalue weighted by atomic mass is 10.2. The molecule has 7 heteroatoms. The number of nitrogens with zero attached hydrogens (tertiary/aromatic N) is 3. The summed E-state index contributed by atoms with van der Waals surface area (Å²) in [5.41, 5.74) is 0.776. The first-order valence-corrected chi connectivity index (χ1v) is 9.37.